The van der Waals surface area contributed by atoms with Crippen LogP contribution >= 0.6 is 11.3 Å². The number of thiophene rings is 1. The first kappa shape index (κ1) is 21.9. The van der Waals surface area contributed by atoms with Crippen molar-refractivity contribution >= 4 is 38.2 Å². The van der Waals surface area contributed by atoms with Gasteiger partial charge in [0.25, 0.3) is 11.5 Å². The number of hydrogen-bond donors (Lipinski definition) is 0. The van der Waals surface area contributed by atoms with E-state index < -0.39 is 0 Å². The molecular formula is C28H24N2O3S. The Balaban J connectivity index is 1.64. The van der Waals surface area contributed by atoms with Gasteiger partial charge in [-0.2, -0.15) is 0 Å². The predicted octanol–water partition coefficient (Wildman–Crippen LogP) is 5.60. The van der Waals surface area contributed by atoms with Crippen LogP contribution in [0.3, 0.4) is 0 Å². The number of pyridine rings is 1. The Bertz CT molecular complexity index is 1540. The quantitative estimate of drug-likeness (QED) is 0.326. The fourth-order valence-corrected chi connectivity index (χ4v) is 5.41. The molecule has 0 aliphatic rings. The van der Waals surface area contributed by atoms with Gasteiger partial charge in [-0.3, -0.25) is 9.59 Å². The molecule has 5 nitrogen and oxygen atoms in total. The van der Waals surface area contributed by atoms with Crippen molar-refractivity contribution in [2.45, 2.75) is 13.2 Å². The molecule has 2 heterocycles. The van der Waals surface area contributed by atoms with E-state index in [1.807, 2.05) is 84.9 Å². The zero-order valence-electron chi connectivity index (χ0n) is 19.0. The molecule has 34 heavy (non-hydrogen) atoms. The summed E-state index contributed by atoms with van der Waals surface area (Å²) >= 11 is 1.33. The van der Waals surface area contributed by atoms with Crippen LogP contribution in [-0.4, -0.2) is 22.4 Å². The van der Waals surface area contributed by atoms with Gasteiger partial charge in [-0.25, -0.2) is 0 Å². The number of para-hydroxylation sites is 1. The van der Waals surface area contributed by atoms with Crippen molar-refractivity contribution < 1.29 is 9.53 Å². The third-order valence-electron chi connectivity index (χ3n) is 5.92. The second-order valence-corrected chi connectivity index (χ2v) is 9.29. The van der Waals surface area contributed by atoms with Gasteiger partial charge in [0.15, 0.2) is 5.75 Å². The minimum Gasteiger partial charge on any atom is -0.486 e. The number of amides is 1. The van der Waals surface area contributed by atoms with Gasteiger partial charge < -0.3 is 14.2 Å². The summed E-state index contributed by atoms with van der Waals surface area (Å²) in [4.78, 5) is 29.2. The molecule has 0 saturated carbocycles. The molecule has 0 aliphatic carbocycles. The van der Waals surface area contributed by atoms with E-state index in [2.05, 4.69) is 0 Å². The number of hydrogen-bond acceptors (Lipinski definition) is 4. The molecule has 0 spiro atoms. The van der Waals surface area contributed by atoms with E-state index in [-0.39, 0.29) is 18.1 Å². The molecule has 0 aliphatic heterocycles. The van der Waals surface area contributed by atoms with Crippen LogP contribution in [0.25, 0.3) is 21.0 Å². The van der Waals surface area contributed by atoms with E-state index in [0.717, 1.165) is 26.7 Å². The molecule has 170 valence electrons. The standard InChI is InChI=1S/C28H24N2O3S/c1-29(17-19-11-5-3-6-12-19)28(32)26-24(33-18-20-13-7-4-8-14-20)23-25(34-26)21-15-9-10-16-22(21)30(2)27(23)31/h3-16H,17-18H2,1-2H3. The van der Waals surface area contributed by atoms with Crippen molar-refractivity contribution in [1.29, 1.82) is 0 Å². The number of carbonyl (C=O) groups is 1. The summed E-state index contributed by atoms with van der Waals surface area (Å²) in [5, 5.41) is 1.39. The monoisotopic (exact) mass is 468 g/mol. The Morgan fingerprint density at radius 2 is 1.53 bits per heavy atom. The molecule has 0 bridgehead atoms. The molecule has 0 saturated heterocycles. The molecule has 5 rings (SSSR count). The van der Waals surface area contributed by atoms with Gasteiger partial charge in [0, 0.05) is 26.0 Å². The van der Waals surface area contributed by atoms with Crippen LogP contribution < -0.4 is 10.3 Å². The van der Waals surface area contributed by atoms with Gasteiger partial charge in [-0.05, 0) is 17.2 Å². The third-order valence-corrected chi connectivity index (χ3v) is 7.11. The van der Waals surface area contributed by atoms with Gasteiger partial charge in [-0.15, -0.1) is 11.3 Å². The highest BCUT2D eigenvalue weighted by Gasteiger charge is 2.27. The summed E-state index contributed by atoms with van der Waals surface area (Å²) in [5.74, 6) is 0.194. The van der Waals surface area contributed by atoms with Crippen LogP contribution in [0.15, 0.2) is 89.7 Å². The Labute approximate surface area is 201 Å². The lowest BCUT2D eigenvalue weighted by atomic mass is 10.1. The molecule has 3 aromatic carbocycles. The number of benzene rings is 3. The maximum absolute atomic E-state index is 13.6. The summed E-state index contributed by atoms with van der Waals surface area (Å²) < 4.78 is 8.64. The van der Waals surface area contributed by atoms with Crippen molar-refractivity contribution in [3.05, 3.63) is 111 Å². The number of aromatic nitrogens is 1. The molecule has 0 N–H and O–H groups in total. The molecule has 1 amide bonds. The molecule has 2 aromatic heterocycles. The highest BCUT2D eigenvalue weighted by atomic mass is 32.1. The first-order valence-electron chi connectivity index (χ1n) is 11.0. The lowest BCUT2D eigenvalue weighted by molar-refractivity contribution is 0.0785. The van der Waals surface area contributed by atoms with Crippen molar-refractivity contribution in [2.75, 3.05) is 7.05 Å². The number of nitrogens with zero attached hydrogens (tertiary/aromatic N) is 2. The summed E-state index contributed by atoms with van der Waals surface area (Å²) in [7, 11) is 3.53. The SMILES string of the molecule is CN(Cc1ccccc1)C(=O)c1sc2c(c1OCc1ccccc1)c(=O)n(C)c1ccccc21. The van der Waals surface area contributed by atoms with Gasteiger partial charge in [0.05, 0.1) is 10.2 Å². The summed E-state index contributed by atoms with van der Waals surface area (Å²) in [5.41, 5.74) is 2.66. The second kappa shape index (κ2) is 9.15. The molecule has 0 atom stereocenters. The van der Waals surface area contributed by atoms with E-state index in [1.165, 1.54) is 11.3 Å². The van der Waals surface area contributed by atoms with Crippen LogP contribution in [0.4, 0.5) is 0 Å². The largest absolute Gasteiger partial charge is 0.486 e. The van der Waals surface area contributed by atoms with E-state index in [0.29, 0.717) is 22.6 Å². The van der Waals surface area contributed by atoms with Gasteiger partial charge in [0.1, 0.15) is 16.9 Å². The topological polar surface area (TPSA) is 51.5 Å². The van der Waals surface area contributed by atoms with Crippen LogP contribution in [0.1, 0.15) is 20.8 Å². The maximum Gasteiger partial charge on any atom is 0.267 e. The van der Waals surface area contributed by atoms with E-state index in [4.69, 9.17) is 4.74 Å². The molecule has 0 fully saturated rings. The van der Waals surface area contributed by atoms with Crippen LogP contribution in [0, 0.1) is 0 Å². The Kier molecular flexibility index (Phi) is 5.90. The van der Waals surface area contributed by atoms with Gasteiger partial charge in [0.2, 0.25) is 0 Å². The fraction of sp³-hybridized carbons (Fsp3) is 0.143. The number of carbonyl (C=O) groups excluding carboxylic acids is 1. The minimum absolute atomic E-state index is 0.167. The average Bonchev–Trinajstić information content (AvgIpc) is 3.26. The molecule has 5 aromatic rings. The van der Waals surface area contributed by atoms with Crippen LogP contribution in [-0.2, 0) is 20.2 Å². The first-order valence-corrected chi connectivity index (χ1v) is 11.9. The Hall–Kier alpha value is -3.90. The number of ether oxygens (including phenoxy) is 1. The summed E-state index contributed by atoms with van der Waals surface area (Å²) in [6, 6.07) is 27.4. The molecule has 6 heteroatoms. The Morgan fingerprint density at radius 1 is 0.912 bits per heavy atom. The first-order chi connectivity index (χ1) is 16.5. The van der Waals surface area contributed by atoms with Crippen molar-refractivity contribution in [3.8, 4) is 5.75 Å². The lowest BCUT2D eigenvalue weighted by Crippen LogP contribution is -2.26. The predicted molar refractivity (Wildman–Crippen MR) is 138 cm³/mol. The van der Waals surface area contributed by atoms with Crippen LogP contribution in [0.2, 0.25) is 0 Å². The average molecular weight is 469 g/mol. The molecule has 0 radical (unpaired) electrons. The zero-order valence-corrected chi connectivity index (χ0v) is 19.8. The number of fused-ring (bicyclic) bond motifs is 3. The Morgan fingerprint density at radius 3 is 2.24 bits per heavy atom. The highest BCUT2D eigenvalue weighted by molar-refractivity contribution is 7.22. The van der Waals surface area contributed by atoms with Crippen molar-refractivity contribution in [2.24, 2.45) is 7.05 Å². The normalized spacial score (nSPS) is 11.1. The van der Waals surface area contributed by atoms with Gasteiger partial charge >= 0.3 is 0 Å². The van der Waals surface area contributed by atoms with E-state index >= 15 is 0 Å². The number of rotatable bonds is 6. The second-order valence-electron chi connectivity index (χ2n) is 8.27. The van der Waals surface area contributed by atoms with Gasteiger partial charge in [-0.1, -0.05) is 78.9 Å². The maximum atomic E-state index is 13.6. The summed E-state index contributed by atoms with van der Waals surface area (Å²) in [6.45, 7) is 0.732. The number of aryl methyl sites for hydroxylation is 1. The molecule has 0 unspecified atom stereocenters. The fourth-order valence-electron chi connectivity index (χ4n) is 4.15. The van der Waals surface area contributed by atoms with Crippen molar-refractivity contribution in [1.82, 2.24) is 9.47 Å². The third kappa shape index (κ3) is 3.97. The smallest absolute Gasteiger partial charge is 0.267 e. The zero-order chi connectivity index (χ0) is 23.7. The summed E-state index contributed by atoms with van der Waals surface area (Å²) in [6.07, 6.45) is 0. The van der Waals surface area contributed by atoms with E-state index in [1.54, 1.807) is 23.6 Å². The minimum atomic E-state index is -0.169. The van der Waals surface area contributed by atoms with E-state index in [9.17, 15) is 9.59 Å². The van der Waals surface area contributed by atoms with Crippen molar-refractivity contribution in [3.63, 3.8) is 0 Å². The molecular weight excluding hydrogens is 444 g/mol. The highest BCUT2D eigenvalue weighted by Crippen LogP contribution is 2.40. The van der Waals surface area contributed by atoms with Crippen LogP contribution in [0.5, 0.6) is 5.75 Å². The lowest BCUT2D eigenvalue weighted by Gasteiger charge is -2.17.